The summed E-state index contributed by atoms with van der Waals surface area (Å²) in [6.45, 7) is 2.04. The van der Waals surface area contributed by atoms with Crippen LogP contribution in [-0.4, -0.2) is 37.1 Å². The number of pyridine rings is 1. The fraction of sp³-hybridized carbons (Fsp3) is 0.538. The van der Waals surface area contributed by atoms with Gasteiger partial charge in [0.15, 0.2) is 0 Å². The highest BCUT2D eigenvalue weighted by molar-refractivity contribution is 5.92. The third-order valence-electron chi connectivity index (χ3n) is 3.33. The van der Waals surface area contributed by atoms with Crippen molar-refractivity contribution < 1.29 is 4.79 Å². The van der Waals surface area contributed by atoms with Crippen molar-refractivity contribution in [3.63, 3.8) is 0 Å². The van der Waals surface area contributed by atoms with E-state index >= 15 is 0 Å². The average Bonchev–Trinajstić information content (AvgIpc) is 2.40. The highest BCUT2D eigenvalue weighted by Crippen LogP contribution is 2.13. The molecule has 0 aromatic carbocycles. The van der Waals surface area contributed by atoms with Crippen LogP contribution >= 0.6 is 0 Å². The Morgan fingerprint density at radius 3 is 2.94 bits per heavy atom. The normalized spacial score (nSPS) is 19.5. The molecule has 1 aromatic rings. The van der Waals surface area contributed by atoms with E-state index in [2.05, 4.69) is 15.2 Å². The molecule has 0 radical (unpaired) electrons. The molecule has 1 amide bonds. The van der Waals surface area contributed by atoms with E-state index in [-0.39, 0.29) is 0 Å². The number of amides is 1. The van der Waals surface area contributed by atoms with E-state index in [0.717, 1.165) is 18.9 Å². The van der Waals surface area contributed by atoms with Crippen LogP contribution in [0.2, 0.25) is 0 Å². The number of carbonyl (C=O) groups excluding carboxylic acids is 1. The Morgan fingerprint density at radius 1 is 1.56 bits per heavy atom. The summed E-state index contributed by atoms with van der Waals surface area (Å²) >= 11 is 0. The quantitative estimate of drug-likeness (QED) is 0.825. The molecule has 1 aliphatic rings. The van der Waals surface area contributed by atoms with Gasteiger partial charge >= 0.3 is 0 Å². The molecule has 1 atom stereocenters. The van der Waals surface area contributed by atoms with Crippen molar-refractivity contribution >= 4 is 11.7 Å². The predicted octanol–water partition coefficient (Wildman–Crippen LogP) is 0.759. The number of piperidine rings is 1. The second-order valence-corrected chi connectivity index (χ2v) is 4.80. The maximum absolute atomic E-state index is 11.0. The number of hydrogen-bond acceptors (Lipinski definition) is 4. The summed E-state index contributed by atoms with van der Waals surface area (Å²) in [5.74, 6) is 0.429. The molecule has 1 unspecified atom stereocenters. The van der Waals surface area contributed by atoms with Crippen LogP contribution in [0.3, 0.4) is 0 Å². The lowest BCUT2D eigenvalue weighted by Crippen LogP contribution is -2.42. The van der Waals surface area contributed by atoms with Gasteiger partial charge < -0.3 is 16.0 Å². The summed E-state index contributed by atoms with van der Waals surface area (Å²) in [5, 5.41) is 3.51. The number of hydrogen-bond donors (Lipinski definition) is 2. The Labute approximate surface area is 107 Å². The maximum atomic E-state index is 11.0. The molecule has 1 aliphatic heterocycles. The van der Waals surface area contributed by atoms with Crippen molar-refractivity contribution in [1.82, 2.24) is 10.3 Å². The van der Waals surface area contributed by atoms with Gasteiger partial charge in [-0.25, -0.2) is 4.98 Å². The fourth-order valence-electron chi connectivity index (χ4n) is 2.26. The van der Waals surface area contributed by atoms with Gasteiger partial charge in [0.05, 0.1) is 5.56 Å². The van der Waals surface area contributed by atoms with E-state index in [9.17, 15) is 4.79 Å². The van der Waals surface area contributed by atoms with Gasteiger partial charge in [-0.2, -0.15) is 0 Å². The second-order valence-electron chi connectivity index (χ2n) is 4.80. The topological polar surface area (TPSA) is 71.2 Å². The van der Waals surface area contributed by atoms with Gasteiger partial charge in [-0.1, -0.05) is 6.42 Å². The zero-order chi connectivity index (χ0) is 13.0. The number of nitrogens with two attached hydrogens (primary N) is 1. The zero-order valence-corrected chi connectivity index (χ0v) is 10.7. The van der Waals surface area contributed by atoms with E-state index in [1.807, 2.05) is 13.1 Å². The van der Waals surface area contributed by atoms with Gasteiger partial charge in [0.1, 0.15) is 5.82 Å². The molecule has 18 heavy (non-hydrogen) atoms. The van der Waals surface area contributed by atoms with Crippen LogP contribution in [0.15, 0.2) is 18.3 Å². The van der Waals surface area contributed by atoms with E-state index in [0.29, 0.717) is 11.6 Å². The molecule has 0 saturated carbocycles. The van der Waals surface area contributed by atoms with Crippen LogP contribution in [0.1, 0.15) is 29.6 Å². The van der Waals surface area contributed by atoms with Crippen molar-refractivity contribution in [2.24, 2.45) is 5.73 Å². The van der Waals surface area contributed by atoms with Crippen molar-refractivity contribution in [2.75, 3.05) is 25.0 Å². The molecule has 2 heterocycles. The molecule has 1 fully saturated rings. The zero-order valence-electron chi connectivity index (χ0n) is 10.7. The molecule has 1 saturated heterocycles. The molecule has 1 aromatic heterocycles. The number of nitrogens with one attached hydrogen (secondary N) is 1. The summed E-state index contributed by atoms with van der Waals surface area (Å²) in [6, 6.07) is 4.08. The van der Waals surface area contributed by atoms with Gasteiger partial charge in [0.25, 0.3) is 0 Å². The van der Waals surface area contributed by atoms with E-state index in [1.165, 1.54) is 25.5 Å². The van der Waals surface area contributed by atoms with Gasteiger partial charge in [-0.15, -0.1) is 0 Å². The first-order valence-electron chi connectivity index (χ1n) is 6.37. The summed E-state index contributed by atoms with van der Waals surface area (Å²) in [7, 11) is 2.02. The summed E-state index contributed by atoms with van der Waals surface area (Å²) in [5.41, 5.74) is 5.63. The highest BCUT2D eigenvalue weighted by Gasteiger charge is 2.15. The Bertz CT molecular complexity index is 398. The van der Waals surface area contributed by atoms with E-state index in [1.54, 1.807) is 6.07 Å². The van der Waals surface area contributed by atoms with Gasteiger partial charge in [0, 0.05) is 25.8 Å². The molecule has 3 N–H and O–H groups in total. The number of nitrogens with zero attached hydrogens (tertiary/aromatic N) is 2. The third-order valence-corrected chi connectivity index (χ3v) is 3.33. The van der Waals surface area contributed by atoms with Crippen molar-refractivity contribution in [3.05, 3.63) is 23.9 Å². The SMILES string of the molecule is CN(CC1CCCCN1)c1ccc(C(N)=O)cn1. The average molecular weight is 248 g/mol. The number of aromatic nitrogens is 1. The highest BCUT2D eigenvalue weighted by atomic mass is 16.1. The summed E-state index contributed by atoms with van der Waals surface area (Å²) < 4.78 is 0. The monoisotopic (exact) mass is 248 g/mol. The van der Waals surface area contributed by atoms with Crippen molar-refractivity contribution in [1.29, 1.82) is 0 Å². The smallest absolute Gasteiger partial charge is 0.250 e. The van der Waals surface area contributed by atoms with Crippen LogP contribution in [0.25, 0.3) is 0 Å². The molecule has 0 spiro atoms. The Balaban J connectivity index is 1.95. The number of carbonyl (C=O) groups is 1. The predicted molar refractivity (Wildman–Crippen MR) is 71.7 cm³/mol. The number of primary amides is 1. The molecular weight excluding hydrogens is 228 g/mol. The molecule has 98 valence electrons. The number of anilines is 1. The van der Waals surface area contributed by atoms with Gasteiger partial charge in [-0.3, -0.25) is 4.79 Å². The van der Waals surface area contributed by atoms with Gasteiger partial charge in [-0.05, 0) is 31.5 Å². The largest absolute Gasteiger partial charge is 0.366 e. The van der Waals surface area contributed by atoms with E-state index < -0.39 is 5.91 Å². The van der Waals surface area contributed by atoms with Crippen LogP contribution in [-0.2, 0) is 0 Å². The molecular formula is C13H20N4O. The van der Waals surface area contributed by atoms with Crippen molar-refractivity contribution in [3.8, 4) is 0 Å². The maximum Gasteiger partial charge on any atom is 0.250 e. The lowest BCUT2D eigenvalue weighted by molar-refractivity contribution is 0.1000. The first-order valence-corrected chi connectivity index (χ1v) is 6.37. The Kier molecular flexibility index (Phi) is 4.15. The van der Waals surface area contributed by atoms with Crippen molar-refractivity contribution in [2.45, 2.75) is 25.3 Å². The van der Waals surface area contributed by atoms with Crippen LogP contribution in [0.5, 0.6) is 0 Å². The Hall–Kier alpha value is -1.62. The fourth-order valence-corrected chi connectivity index (χ4v) is 2.26. The second kappa shape index (κ2) is 5.82. The molecule has 5 heteroatoms. The molecule has 2 rings (SSSR count). The van der Waals surface area contributed by atoms with Gasteiger partial charge in [0.2, 0.25) is 5.91 Å². The minimum atomic E-state index is -0.439. The lowest BCUT2D eigenvalue weighted by atomic mass is 10.0. The van der Waals surface area contributed by atoms with E-state index in [4.69, 9.17) is 5.73 Å². The first-order chi connectivity index (χ1) is 8.66. The lowest BCUT2D eigenvalue weighted by Gasteiger charge is -2.28. The molecule has 0 aliphatic carbocycles. The molecule has 0 bridgehead atoms. The molecule has 5 nitrogen and oxygen atoms in total. The summed E-state index contributed by atoms with van der Waals surface area (Å²) in [6.07, 6.45) is 5.30. The minimum Gasteiger partial charge on any atom is -0.366 e. The number of likely N-dealkylation sites (N-methyl/N-ethyl adjacent to an activating group) is 1. The van der Waals surface area contributed by atoms with Crippen LogP contribution in [0.4, 0.5) is 5.82 Å². The summed E-state index contributed by atoms with van der Waals surface area (Å²) in [4.78, 5) is 17.3. The number of rotatable bonds is 4. The first kappa shape index (κ1) is 12.8. The standard InChI is InChI=1S/C13H20N4O/c1-17(9-11-4-2-3-7-15-11)12-6-5-10(8-16-12)13(14)18/h5-6,8,11,15H,2-4,7,9H2,1H3,(H2,14,18). The van der Waals surface area contributed by atoms with Crippen LogP contribution in [0, 0.1) is 0 Å². The Morgan fingerprint density at radius 2 is 2.39 bits per heavy atom. The minimum absolute atomic E-state index is 0.439. The van der Waals surface area contributed by atoms with Crippen LogP contribution < -0.4 is 16.0 Å². The third kappa shape index (κ3) is 3.20.